The molecule has 0 aliphatic heterocycles. The third-order valence-electron chi connectivity index (χ3n) is 11.1. The van der Waals surface area contributed by atoms with Gasteiger partial charge in [-0.05, 0) is 53.9 Å². The fraction of sp³-hybridized carbons (Fsp3) is 0.500. The van der Waals surface area contributed by atoms with Gasteiger partial charge in [-0.25, -0.2) is 0 Å². The van der Waals surface area contributed by atoms with Gasteiger partial charge in [-0.1, -0.05) is 172 Å². The molecule has 3 heteroatoms. The number of hydrogen-bond donors (Lipinski definition) is 0. The zero-order valence-corrected chi connectivity index (χ0v) is 32.6. The summed E-state index contributed by atoms with van der Waals surface area (Å²) in [5.74, 6) is 4.49. The molecule has 274 valence electrons. The largest absolute Gasteiger partial charge is 0.493 e. The van der Waals surface area contributed by atoms with Gasteiger partial charge in [-0.15, -0.1) is 0 Å². The van der Waals surface area contributed by atoms with Gasteiger partial charge in [0, 0.05) is 32.7 Å². The van der Waals surface area contributed by atoms with Crippen molar-refractivity contribution in [3.63, 3.8) is 0 Å². The maximum Gasteiger partial charge on any atom is 0.135 e. The number of benzene rings is 5. The van der Waals surface area contributed by atoms with Crippen LogP contribution >= 0.6 is 0 Å². The Morgan fingerprint density at radius 3 is 1.24 bits per heavy atom. The molecule has 0 spiro atoms. The number of hydrogen-bond acceptors (Lipinski definition) is 3. The lowest BCUT2D eigenvalue weighted by Crippen LogP contribution is -2.13. The van der Waals surface area contributed by atoms with Crippen LogP contribution in [0.1, 0.15) is 119 Å². The molecule has 0 saturated heterocycles. The average molecular weight is 689 g/mol. The summed E-state index contributed by atoms with van der Waals surface area (Å²) in [6.07, 6.45) is 14.3. The van der Waals surface area contributed by atoms with Crippen molar-refractivity contribution in [2.24, 2.45) is 17.8 Å². The standard InChI is InChI=1S/C48H64O3/c1-7-13-22-35(10-4)32-49-45-31-44(48(41-28-19-16-25-38(41)45)51-34-37(12-6)24-15-9-3)46-39-26-17-20-29-42(39)47(43-30-21-18-27-40(43)46)50-33-36(11-5)23-14-8-2/h16-21,25-31,35-37H,7-15,22-24,32-34H2,1-6H3. The minimum absolute atomic E-state index is 0.514. The predicted octanol–water partition coefficient (Wildman–Crippen LogP) is 14.6. The number of rotatable bonds is 22. The number of unbranched alkanes of at least 4 members (excludes halogenated alkanes) is 3. The zero-order valence-electron chi connectivity index (χ0n) is 32.6. The van der Waals surface area contributed by atoms with Crippen LogP contribution in [-0.2, 0) is 0 Å². The average Bonchev–Trinajstić information content (AvgIpc) is 3.18. The topological polar surface area (TPSA) is 27.7 Å². The summed E-state index contributed by atoms with van der Waals surface area (Å²) in [5.41, 5.74) is 2.29. The van der Waals surface area contributed by atoms with Gasteiger partial charge < -0.3 is 14.2 Å². The molecule has 0 radical (unpaired) electrons. The first-order valence-electron chi connectivity index (χ1n) is 20.5. The maximum absolute atomic E-state index is 7.08. The van der Waals surface area contributed by atoms with Gasteiger partial charge in [0.05, 0.1) is 19.8 Å². The summed E-state index contributed by atoms with van der Waals surface area (Å²) in [7, 11) is 0. The van der Waals surface area contributed by atoms with Crippen LogP contribution in [0.4, 0.5) is 0 Å². The molecule has 0 N–H and O–H groups in total. The van der Waals surface area contributed by atoms with Crippen molar-refractivity contribution in [3.05, 3.63) is 78.9 Å². The fourth-order valence-corrected chi connectivity index (χ4v) is 7.61. The summed E-state index contributed by atoms with van der Waals surface area (Å²) >= 11 is 0. The van der Waals surface area contributed by atoms with Gasteiger partial charge in [0.25, 0.3) is 0 Å². The first-order valence-corrected chi connectivity index (χ1v) is 20.5. The summed E-state index contributed by atoms with van der Waals surface area (Å²) in [6.45, 7) is 15.9. The highest BCUT2D eigenvalue weighted by Crippen LogP contribution is 2.50. The molecule has 3 unspecified atom stereocenters. The summed E-state index contributed by atoms with van der Waals surface area (Å²) in [5, 5.41) is 6.91. The van der Waals surface area contributed by atoms with Crippen molar-refractivity contribution >= 4 is 32.3 Å². The first-order chi connectivity index (χ1) is 25.1. The molecule has 0 aromatic heterocycles. The van der Waals surface area contributed by atoms with Crippen LogP contribution in [0.2, 0.25) is 0 Å². The molecule has 3 nitrogen and oxygen atoms in total. The predicted molar refractivity (Wildman–Crippen MR) is 221 cm³/mol. The highest BCUT2D eigenvalue weighted by atomic mass is 16.5. The minimum atomic E-state index is 0.514. The van der Waals surface area contributed by atoms with E-state index in [2.05, 4.69) is 120 Å². The van der Waals surface area contributed by atoms with Gasteiger partial charge in [0.15, 0.2) is 0 Å². The van der Waals surface area contributed by atoms with Crippen LogP contribution in [0.3, 0.4) is 0 Å². The molecule has 0 aliphatic rings. The Balaban J connectivity index is 1.72. The molecule has 5 aromatic carbocycles. The SMILES string of the molecule is CCCCC(CC)COc1cc(-c2c3ccccc3c(OCC(CC)CCCC)c3ccccc23)c(OCC(CC)CCCC)c2ccccc12. The molecule has 0 fully saturated rings. The van der Waals surface area contributed by atoms with E-state index in [1.54, 1.807) is 0 Å². The number of fused-ring (bicyclic) bond motifs is 3. The lowest BCUT2D eigenvalue weighted by Gasteiger charge is -2.24. The van der Waals surface area contributed by atoms with Crippen LogP contribution in [-0.4, -0.2) is 19.8 Å². The van der Waals surface area contributed by atoms with E-state index >= 15 is 0 Å². The number of ether oxygens (including phenoxy) is 3. The molecule has 3 atom stereocenters. The second-order valence-corrected chi connectivity index (χ2v) is 14.8. The third kappa shape index (κ3) is 9.39. The monoisotopic (exact) mass is 688 g/mol. The molecule has 5 aromatic rings. The van der Waals surface area contributed by atoms with E-state index in [-0.39, 0.29) is 0 Å². The van der Waals surface area contributed by atoms with Gasteiger partial charge in [0.2, 0.25) is 0 Å². The van der Waals surface area contributed by atoms with Gasteiger partial charge >= 0.3 is 0 Å². The van der Waals surface area contributed by atoms with Crippen molar-refractivity contribution in [2.45, 2.75) is 119 Å². The second-order valence-electron chi connectivity index (χ2n) is 14.8. The summed E-state index contributed by atoms with van der Waals surface area (Å²) < 4.78 is 20.8. The Morgan fingerprint density at radius 2 is 0.804 bits per heavy atom. The Morgan fingerprint density at radius 1 is 0.431 bits per heavy atom. The van der Waals surface area contributed by atoms with Crippen LogP contribution in [0, 0.1) is 17.8 Å². The van der Waals surface area contributed by atoms with E-state index in [0.717, 1.165) is 76.8 Å². The molecule has 0 aliphatic carbocycles. The smallest absolute Gasteiger partial charge is 0.135 e. The zero-order chi connectivity index (χ0) is 36.0. The van der Waals surface area contributed by atoms with Crippen molar-refractivity contribution in [1.29, 1.82) is 0 Å². The molecule has 0 heterocycles. The van der Waals surface area contributed by atoms with Crippen molar-refractivity contribution in [1.82, 2.24) is 0 Å². The van der Waals surface area contributed by atoms with Crippen molar-refractivity contribution < 1.29 is 14.2 Å². The van der Waals surface area contributed by atoms with E-state index in [1.165, 1.54) is 74.1 Å². The van der Waals surface area contributed by atoms with E-state index in [9.17, 15) is 0 Å². The van der Waals surface area contributed by atoms with E-state index in [4.69, 9.17) is 14.2 Å². The lowest BCUT2D eigenvalue weighted by atomic mass is 9.89. The quantitative estimate of drug-likeness (QED) is 0.0678. The van der Waals surface area contributed by atoms with E-state index in [1.807, 2.05) is 0 Å². The fourth-order valence-electron chi connectivity index (χ4n) is 7.61. The molecule has 0 amide bonds. The van der Waals surface area contributed by atoms with E-state index < -0.39 is 0 Å². The maximum atomic E-state index is 7.08. The van der Waals surface area contributed by atoms with Gasteiger partial charge in [-0.3, -0.25) is 0 Å². The van der Waals surface area contributed by atoms with Crippen LogP contribution in [0.5, 0.6) is 17.2 Å². The highest BCUT2D eigenvalue weighted by Gasteiger charge is 2.24. The van der Waals surface area contributed by atoms with E-state index in [0.29, 0.717) is 24.4 Å². The minimum Gasteiger partial charge on any atom is -0.493 e. The Bertz CT molecular complexity index is 1750. The van der Waals surface area contributed by atoms with Crippen LogP contribution < -0.4 is 14.2 Å². The molecule has 0 bridgehead atoms. The molecular weight excluding hydrogens is 625 g/mol. The van der Waals surface area contributed by atoms with Gasteiger partial charge in [-0.2, -0.15) is 0 Å². The highest BCUT2D eigenvalue weighted by molar-refractivity contribution is 6.19. The van der Waals surface area contributed by atoms with Crippen molar-refractivity contribution in [3.8, 4) is 28.4 Å². The normalized spacial score (nSPS) is 13.5. The second kappa shape index (κ2) is 19.8. The Kier molecular flexibility index (Phi) is 14.9. The molecule has 51 heavy (non-hydrogen) atoms. The van der Waals surface area contributed by atoms with Crippen molar-refractivity contribution in [2.75, 3.05) is 19.8 Å². The lowest BCUT2D eigenvalue weighted by molar-refractivity contribution is 0.232. The summed E-state index contributed by atoms with van der Waals surface area (Å²) in [6, 6.07) is 28.6. The van der Waals surface area contributed by atoms with Crippen LogP contribution in [0.25, 0.3) is 43.4 Å². The molecule has 0 saturated carbocycles. The Labute approximate surface area is 309 Å². The first kappa shape index (κ1) is 38.5. The summed E-state index contributed by atoms with van der Waals surface area (Å²) in [4.78, 5) is 0. The van der Waals surface area contributed by atoms with Crippen LogP contribution in [0.15, 0.2) is 78.9 Å². The van der Waals surface area contributed by atoms with Gasteiger partial charge in [0.1, 0.15) is 17.2 Å². The third-order valence-corrected chi connectivity index (χ3v) is 11.1. The molecular formula is C48H64O3. The Hall–Kier alpha value is -3.72. The molecule has 5 rings (SSSR count).